The van der Waals surface area contributed by atoms with Crippen LogP contribution in [0.5, 0.6) is 0 Å². The van der Waals surface area contributed by atoms with Crippen LogP contribution in [0, 0.1) is 13.8 Å². The second-order valence-corrected chi connectivity index (χ2v) is 6.38. The number of hydrogen-bond donors (Lipinski definition) is 1. The lowest BCUT2D eigenvalue weighted by molar-refractivity contribution is 0.182. The summed E-state index contributed by atoms with van der Waals surface area (Å²) in [6.07, 6.45) is 2.00. The molecule has 0 radical (unpaired) electrons. The van der Waals surface area contributed by atoms with E-state index in [1.54, 1.807) is 11.3 Å². The van der Waals surface area contributed by atoms with E-state index >= 15 is 0 Å². The molecular weight excluding hydrogens is 266 g/mol. The molecule has 0 aliphatic rings. The van der Waals surface area contributed by atoms with Gasteiger partial charge in [-0.25, -0.2) is 0 Å². The van der Waals surface area contributed by atoms with Gasteiger partial charge in [0.15, 0.2) is 0 Å². The summed E-state index contributed by atoms with van der Waals surface area (Å²) < 4.78 is 0. The maximum absolute atomic E-state index is 10.5. The number of nitrogens with zero attached hydrogens (tertiary/aromatic N) is 1. The number of para-hydroxylation sites is 1. The van der Waals surface area contributed by atoms with E-state index in [9.17, 15) is 5.11 Å². The van der Waals surface area contributed by atoms with Crippen molar-refractivity contribution in [1.82, 2.24) is 4.98 Å². The molecule has 0 fully saturated rings. The minimum Gasteiger partial charge on any atom is -0.387 e. The molecule has 1 unspecified atom stereocenters. The quantitative estimate of drug-likeness (QED) is 0.782. The van der Waals surface area contributed by atoms with E-state index in [4.69, 9.17) is 0 Å². The van der Waals surface area contributed by atoms with E-state index < -0.39 is 6.10 Å². The molecule has 1 aromatic carbocycles. The Morgan fingerprint density at radius 3 is 2.75 bits per heavy atom. The Labute approximate surface area is 122 Å². The Morgan fingerprint density at radius 2 is 2.00 bits per heavy atom. The van der Waals surface area contributed by atoms with Crippen LogP contribution in [0.1, 0.15) is 27.0 Å². The van der Waals surface area contributed by atoms with Crippen LogP contribution in [-0.4, -0.2) is 10.1 Å². The van der Waals surface area contributed by atoms with Gasteiger partial charge >= 0.3 is 0 Å². The molecule has 2 aromatic heterocycles. The summed E-state index contributed by atoms with van der Waals surface area (Å²) in [5, 5.41) is 11.6. The Hall–Kier alpha value is -1.71. The molecule has 2 nitrogen and oxygen atoms in total. The largest absolute Gasteiger partial charge is 0.387 e. The minimum atomic E-state index is -0.446. The Bertz CT molecular complexity index is 723. The van der Waals surface area contributed by atoms with E-state index in [2.05, 4.69) is 31.0 Å². The molecule has 0 spiro atoms. The van der Waals surface area contributed by atoms with Crippen LogP contribution in [0.25, 0.3) is 10.9 Å². The van der Waals surface area contributed by atoms with Crippen molar-refractivity contribution in [3.63, 3.8) is 0 Å². The van der Waals surface area contributed by atoms with Crippen molar-refractivity contribution in [1.29, 1.82) is 0 Å². The van der Waals surface area contributed by atoms with Crippen LogP contribution < -0.4 is 0 Å². The van der Waals surface area contributed by atoms with Crippen LogP contribution in [-0.2, 0) is 6.42 Å². The highest BCUT2D eigenvalue weighted by atomic mass is 32.1. The van der Waals surface area contributed by atoms with Crippen LogP contribution in [0.3, 0.4) is 0 Å². The van der Waals surface area contributed by atoms with Gasteiger partial charge in [0.1, 0.15) is 0 Å². The standard InChI is InChI=1S/C17H17NOS/c1-11-9-17(20-12(11)2)16(19)10-13-7-8-18-15-6-4-3-5-14(13)15/h3-9,16,19H,10H2,1-2H3. The highest BCUT2D eigenvalue weighted by Crippen LogP contribution is 2.30. The normalized spacial score (nSPS) is 12.8. The van der Waals surface area contributed by atoms with Gasteiger partial charge in [0, 0.05) is 27.8 Å². The number of hydrogen-bond acceptors (Lipinski definition) is 3. The number of aliphatic hydroxyl groups excluding tert-OH is 1. The van der Waals surface area contributed by atoms with Crippen molar-refractivity contribution < 1.29 is 5.11 Å². The summed E-state index contributed by atoms with van der Waals surface area (Å²) in [6.45, 7) is 4.18. The summed E-state index contributed by atoms with van der Waals surface area (Å²) in [5.74, 6) is 0. The number of fused-ring (bicyclic) bond motifs is 1. The lowest BCUT2D eigenvalue weighted by Crippen LogP contribution is -2.00. The summed E-state index contributed by atoms with van der Waals surface area (Å²) in [6, 6.07) is 12.2. The van der Waals surface area contributed by atoms with Gasteiger partial charge in [-0.3, -0.25) is 4.98 Å². The molecule has 0 aliphatic carbocycles. The van der Waals surface area contributed by atoms with E-state index in [-0.39, 0.29) is 0 Å². The third-order valence-electron chi connectivity index (χ3n) is 3.67. The number of aryl methyl sites for hydroxylation is 2. The number of pyridine rings is 1. The van der Waals surface area contributed by atoms with Crippen LogP contribution in [0.2, 0.25) is 0 Å². The fraction of sp³-hybridized carbons (Fsp3) is 0.235. The van der Waals surface area contributed by atoms with Gasteiger partial charge < -0.3 is 5.11 Å². The van der Waals surface area contributed by atoms with Crippen LogP contribution in [0.4, 0.5) is 0 Å². The van der Waals surface area contributed by atoms with Crippen molar-refractivity contribution in [2.45, 2.75) is 26.4 Å². The molecule has 0 saturated heterocycles. The molecule has 3 aromatic rings. The summed E-state index contributed by atoms with van der Waals surface area (Å²) >= 11 is 1.68. The number of aromatic nitrogens is 1. The highest BCUT2D eigenvalue weighted by Gasteiger charge is 2.14. The maximum atomic E-state index is 10.5. The maximum Gasteiger partial charge on any atom is 0.0922 e. The molecule has 0 amide bonds. The van der Waals surface area contributed by atoms with Gasteiger partial charge in [-0.05, 0) is 43.2 Å². The molecule has 2 heterocycles. The first-order chi connectivity index (χ1) is 9.65. The Morgan fingerprint density at radius 1 is 1.20 bits per heavy atom. The van der Waals surface area contributed by atoms with Gasteiger partial charge in [0.25, 0.3) is 0 Å². The van der Waals surface area contributed by atoms with Crippen molar-refractivity contribution in [3.05, 3.63) is 63.5 Å². The average Bonchev–Trinajstić information content (AvgIpc) is 2.79. The molecule has 1 atom stereocenters. The fourth-order valence-corrected chi connectivity index (χ4v) is 3.44. The topological polar surface area (TPSA) is 33.1 Å². The first-order valence-electron chi connectivity index (χ1n) is 6.73. The lowest BCUT2D eigenvalue weighted by Gasteiger charge is -2.10. The number of benzene rings is 1. The molecule has 3 rings (SSSR count). The molecule has 1 N–H and O–H groups in total. The van der Waals surface area contributed by atoms with Crippen molar-refractivity contribution in [2.24, 2.45) is 0 Å². The van der Waals surface area contributed by atoms with E-state index in [0.29, 0.717) is 6.42 Å². The van der Waals surface area contributed by atoms with E-state index in [1.165, 1.54) is 10.4 Å². The molecule has 3 heteroatoms. The summed E-state index contributed by atoms with van der Waals surface area (Å²) in [7, 11) is 0. The predicted octanol–water partition coefficient (Wildman–Crippen LogP) is 4.19. The second-order valence-electron chi connectivity index (χ2n) is 5.10. The van der Waals surface area contributed by atoms with E-state index in [1.807, 2.05) is 30.5 Å². The minimum absolute atomic E-state index is 0.446. The van der Waals surface area contributed by atoms with Gasteiger partial charge in [0.05, 0.1) is 11.6 Å². The monoisotopic (exact) mass is 283 g/mol. The smallest absolute Gasteiger partial charge is 0.0922 e. The summed E-state index contributed by atoms with van der Waals surface area (Å²) in [5.41, 5.74) is 3.38. The Balaban J connectivity index is 1.93. The van der Waals surface area contributed by atoms with Crippen LogP contribution >= 0.6 is 11.3 Å². The first-order valence-corrected chi connectivity index (χ1v) is 7.54. The van der Waals surface area contributed by atoms with E-state index in [0.717, 1.165) is 21.3 Å². The van der Waals surface area contributed by atoms with Gasteiger partial charge in [-0.2, -0.15) is 0 Å². The number of aliphatic hydroxyl groups is 1. The lowest BCUT2D eigenvalue weighted by atomic mass is 10.0. The fourth-order valence-electron chi connectivity index (χ4n) is 2.41. The van der Waals surface area contributed by atoms with Crippen molar-refractivity contribution in [2.75, 3.05) is 0 Å². The first kappa shape index (κ1) is 13.3. The molecule has 102 valence electrons. The average molecular weight is 283 g/mol. The third kappa shape index (κ3) is 2.47. The zero-order valence-electron chi connectivity index (χ0n) is 11.6. The van der Waals surface area contributed by atoms with Gasteiger partial charge in [-0.15, -0.1) is 11.3 Å². The number of rotatable bonds is 3. The highest BCUT2D eigenvalue weighted by molar-refractivity contribution is 7.12. The predicted molar refractivity (Wildman–Crippen MR) is 84.2 cm³/mol. The molecule has 20 heavy (non-hydrogen) atoms. The zero-order chi connectivity index (χ0) is 14.1. The molecule has 0 aliphatic heterocycles. The molecule has 0 saturated carbocycles. The van der Waals surface area contributed by atoms with Crippen LogP contribution in [0.15, 0.2) is 42.6 Å². The van der Waals surface area contributed by atoms with Crippen molar-refractivity contribution >= 4 is 22.2 Å². The SMILES string of the molecule is Cc1cc(C(O)Cc2ccnc3ccccc23)sc1C. The van der Waals surface area contributed by atoms with Crippen molar-refractivity contribution in [3.8, 4) is 0 Å². The number of thiophene rings is 1. The Kier molecular flexibility index (Phi) is 3.55. The zero-order valence-corrected chi connectivity index (χ0v) is 12.4. The third-order valence-corrected chi connectivity index (χ3v) is 4.92. The van der Waals surface area contributed by atoms with Gasteiger partial charge in [0.2, 0.25) is 0 Å². The summed E-state index contributed by atoms with van der Waals surface area (Å²) in [4.78, 5) is 6.68. The second kappa shape index (κ2) is 5.35. The molecular formula is C17H17NOS. The van der Waals surface area contributed by atoms with Gasteiger partial charge in [-0.1, -0.05) is 18.2 Å². The molecule has 0 bridgehead atoms.